The number of hydrogen-bond donors (Lipinski definition) is 2. The van der Waals surface area contributed by atoms with Crippen molar-refractivity contribution < 1.29 is 23.0 Å². The zero-order valence-electron chi connectivity index (χ0n) is 18.8. The number of anilines is 1. The van der Waals surface area contributed by atoms with Crippen LogP contribution in [0.2, 0.25) is 0 Å². The highest BCUT2D eigenvalue weighted by Crippen LogP contribution is 2.42. The van der Waals surface area contributed by atoms with Gasteiger partial charge in [0, 0.05) is 17.8 Å². The Bertz CT molecular complexity index is 1240. The number of halogens is 2. The number of nitrogens with two attached hydrogens (primary N) is 1. The van der Waals surface area contributed by atoms with E-state index in [2.05, 4.69) is 5.32 Å². The summed E-state index contributed by atoms with van der Waals surface area (Å²) in [5.41, 5.74) is 8.23. The lowest BCUT2D eigenvalue weighted by atomic mass is 9.90. The number of ether oxygens (including phenoxy) is 2. The molecule has 0 atom stereocenters. The van der Waals surface area contributed by atoms with Gasteiger partial charge >= 0.3 is 0 Å². The van der Waals surface area contributed by atoms with E-state index < -0.39 is 11.7 Å². The van der Waals surface area contributed by atoms with Crippen molar-refractivity contribution in [3.05, 3.63) is 82.9 Å². The third-order valence-corrected chi connectivity index (χ3v) is 6.27. The van der Waals surface area contributed by atoms with Gasteiger partial charge in [-0.25, -0.2) is 8.78 Å². The van der Waals surface area contributed by atoms with Crippen LogP contribution in [0.4, 0.5) is 14.5 Å². The molecule has 3 aromatic rings. The Morgan fingerprint density at radius 1 is 0.971 bits per heavy atom. The van der Waals surface area contributed by atoms with Gasteiger partial charge < -0.3 is 20.5 Å². The van der Waals surface area contributed by atoms with Gasteiger partial charge in [0.1, 0.15) is 23.4 Å². The Labute approximate surface area is 196 Å². The summed E-state index contributed by atoms with van der Waals surface area (Å²) in [4.78, 5) is 13.2. The van der Waals surface area contributed by atoms with Crippen LogP contribution in [0, 0.1) is 18.6 Å². The van der Waals surface area contributed by atoms with Crippen molar-refractivity contribution in [3.8, 4) is 17.2 Å². The second-order valence-electron chi connectivity index (χ2n) is 9.11. The number of hydrogen-bond acceptors (Lipinski definition) is 4. The Morgan fingerprint density at radius 3 is 2.47 bits per heavy atom. The maximum absolute atomic E-state index is 14.2. The number of carbonyl (C=O) groups is 1. The van der Waals surface area contributed by atoms with Crippen LogP contribution in [0.1, 0.15) is 53.1 Å². The molecule has 0 spiro atoms. The first-order valence-corrected chi connectivity index (χ1v) is 11.5. The summed E-state index contributed by atoms with van der Waals surface area (Å²) in [6, 6.07) is 14.1. The van der Waals surface area contributed by atoms with Crippen molar-refractivity contribution >= 4 is 11.6 Å². The Morgan fingerprint density at radius 2 is 1.76 bits per heavy atom. The van der Waals surface area contributed by atoms with Crippen molar-refractivity contribution in [1.82, 2.24) is 0 Å². The number of carbonyl (C=O) groups excluding carboxylic acids is 1. The average molecular weight is 465 g/mol. The fraction of sp³-hybridized carbons (Fsp3) is 0.296. The van der Waals surface area contributed by atoms with E-state index >= 15 is 0 Å². The summed E-state index contributed by atoms with van der Waals surface area (Å²) < 4.78 is 39.5. The van der Waals surface area contributed by atoms with Gasteiger partial charge in [-0.1, -0.05) is 6.07 Å². The zero-order valence-corrected chi connectivity index (χ0v) is 18.8. The quantitative estimate of drug-likeness (QED) is 0.446. The molecule has 0 heterocycles. The van der Waals surface area contributed by atoms with Crippen molar-refractivity contribution in [2.45, 2.75) is 50.7 Å². The lowest BCUT2D eigenvalue weighted by Gasteiger charge is -2.32. The summed E-state index contributed by atoms with van der Waals surface area (Å²) in [6.07, 6.45) is 3.43. The molecule has 2 aliphatic carbocycles. The van der Waals surface area contributed by atoms with Gasteiger partial charge in [-0.2, -0.15) is 0 Å². The lowest BCUT2D eigenvalue weighted by molar-refractivity contribution is 0.0963. The minimum Gasteiger partial charge on any atom is -0.487 e. The molecule has 1 amide bonds. The van der Waals surface area contributed by atoms with Crippen LogP contribution in [-0.2, 0) is 0 Å². The molecule has 2 aliphatic rings. The van der Waals surface area contributed by atoms with Crippen molar-refractivity contribution in [2.75, 3.05) is 5.32 Å². The number of aryl methyl sites for hydroxylation is 1. The second-order valence-corrected chi connectivity index (χ2v) is 9.11. The first-order chi connectivity index (χ1) is 16.4. The van der Waals surface area contributed by atoms with E-state index in [1.807, 2.05) is 12.1 Å². The fourth-order valence-corrected chi connectivity index (χ4v) is 4.08. The van der Waals surface area contributed by atoms with Gasteiger partial charge in [0.15, 0.2) is 11.6 Å². The zero-order chi connectivity index (χ0) is 23.8. The van der Waals surface area contributed by atoms with Crippen LogP contribution < -0.4 is 20.5 Å². The number of rotatable bonds is 7. The van der Waals surface area contributed by atoms with Gasteiger partial charge in [0.05, 0.1) is 5.56 Å². The normalized spacial score (nSPS) is 19.3. The van der Waals surface area contributed by atoms with Crippen LogP contribution in [0.25, 0.3) is 0 Å². The molecule has 3 aromatic carbocycles. The van der Waals surface area contributed by atoms with Crippen LogP contribution in [0.3, 0.4) is 0 Å². The maximum Gasteiger partial charge on any atom is 0.259 e. The fourth-order valence-electron chi connectivity index (χ4n) is 4.08. The third-order valence-electron chi connectivity index (χ3n) is 6.27. The second kappa shape index (κ2) is 9.06. The molecule has 0 bridgehead atoms. The molecule has 3 N–H and O–H groups in total. The highest BCUT2D eigenvalue weighted by atomic mass is 19.1. The van der Waals surface area contributed by atoms with Crippen LogP contribution in [0.15, 0.2) is 54.6 Å². The third kappa shape index (κ3) is 4.89. The summed E-state index contributed by atoms with van der Waals surface area (Å²) in [6.45, 7) is 1.75. The molecule has 7 heteroatoms. The van der Waals surface area contributed by atoms with Crippen molar-refractivity contribution in [3.63, 3.8) is 0 Å². The maximum atomic E-state index is 14.2. The van der Waals surface area contributed by atoms with Crippen molar-refractivity contribution in [2.24, 2.45) is 5.73 Å². The summed E-state index contributed by atoms with van der Waals surface area (Å²) >= 11 is 0. The Balaban J connectivity index is 1.39. The van der Waals surface area contributed by atoms with E-state index in [0.29, 0.717) is 47.1 Å². The number of amides is 1. The molecular weight excluding hydrogens is 438 g/mol. The highest BCUT2D eigenvalue weighted by Gasteiger charge is 2.29. The molecule has 0 saturated heterocycles. The Kier molecular flexibility index (Phi) is 5.96. The molecule has 34 heavy (non-hydrogen) atoms. The molecule has 2 saturated carbocycles. The molecule has 176 valence electrons. The van der Waals surface area contributed by atoms with E-state index in [9.17, 15) is 13.6 Å². The molecular formula is C27H26F2N2O3. The standard InChI is InChI=1S/C27H26F2N2O3/c1-15-10-18(28)5-9-24(15)34-25-11-17(16-2-3-16)4-7-22(25)27(32)31-20-6-8-23(29)26(14-20)33-21-12-19(30)13-21/h4-11,14,16,19,21H,2-3,12-13,30H2,1H3,(H,31,32). The summed E-state index contributed by atoms with van der Waals surface area (Å²) in [5, 5.41) is 2.81. The Hall–Kier alpha value is -3.45. The first kappa shape index (κ1) is 22.3. The average Bonchev–Trinajstić information content (AvgIpc) is 3.62. The van der Waals surface area contributed by atoms with Gasteiger partial charge in [-0.05, 0) is 92.1 Å². The monoisotopic (exact) mass is 464 g/mol. The number of nitrogens with one attached hydrogen (secondary N) is 1. The van der Waals surface area contributed by atoms with Crippen LogP contribution in [0.5, 0.6) is 17.2 Å². The largest absolute Gasteiger partial charge is 0.487 e. The van der Waals surface area contributed by atoms with Gasteiger partial charge in [0.25, 0.3) is 5.91 Å². The predicted molar refractivity (Wildman–Crippen MR) is 126 cm³/mol. The molecule has 0 radical (unpaired) electrons. The predicted octanol–water partition coefficient (Wildman–Crippen LogP) is 6.06. The van der Waals surface area contributed by atoms with E-state index in [1.54, 1.807) is 19.1 Å². The van der Waals surface area contributed by atoms with E-state index in [-0.39, 0.29) is 23.7 Å². The molecule has 0 aromatic heterocycles. The molecule has 5 nitrogen and oxygen atoms in total. The van der Waals surface area contributed by atoms with Gasteiger partial charge in [-0.15, -0.1) is 0 Å². The molecule has 5 rings (SSSR count). The van der Waals surface area contributed by atoms with E-state index in [4.69, 9.17) is 15.2 Å². The molecule has 0 aliphatic heterocycles. The summed E-state index contributed by atoms with van der Waals surface area (Å²) in [5.74, 6) is 0.150. The highest BCUT2D eigenvalue weighted by molar-refractivity contribution is 6.06. The minimum atomic E-state index is -0.497. The number of benzene rings is 3. The van der Waals surface area contributed by atoms with Crippen LogP contribution in [-0.4, -0.2) is 18.1 Å². The molecule has 0 unspecified atom stereocenters. The lowest BCUT2D eigenvalue weighted by Crippen LogP contribution is -2.43. The topological polar surface area (TPSA) is 73.6 Å². The van der Waals surface area contributed by atoms with Gasteiger partial charge in [0.2, 0.25) is 0 Å². The van der Waals surface area contributed by atoms with Crippen molar-refractivity contribution in [1.29, 1.82) is 0 Å². The molecule has 2 fully saturated rings. The van der Waals surface area contributed by atoms with E-state index in [1.165, 1.54) is 30.3 Å². The minimum absolute atomic E-state index is 0.0807. The van der Waals surface area contributed by atoms with Gasteiger partial charge in [-0.3, -0.25) is 4.79 Å². The first-order valence-electron chi connectivity index (χ1n) is 11.5. The smallest absolute Gasteiger partial charge is 0.259 e. The van der Waals surface area contributed by atoms with Crippen LogP contribution >= 0.6 is 0 Å². The SMILES string of the molecule is Cc1cc(F)ccc1Oc1cc(C2CC2)ccc1C(=O)Nc1ccc(F)c(OC2CC(N)C2)c1. The summed E-state index contributed by atoms with van der Waals surface area (Å²) in [7, 11) is 0. The van der Waals surface area contributed by atoms with E-state index in [0.717, 1.165) is 18.4 Å².